The van der Waals surface area contributed by atoms with Crippen molar-refractivity contribution in [3.05, 3.63) is 98.5 Å². The second kappa shape index (κ2) is 9.43. The molecule has 0 saturated carbocycles. The maximum absolute atomic E-state index is 13.0. The fourth-order valence-electron chi connectivity index (χ4n) is 2.83. The zero-order valence-corrected chi connectivity index (χ0v) is 18.3. The molecule has 0 radical (unpaired) electrons. The van der Waals surface area contributed by atoms with Crippen molar-refractivity contribution in [2.24, 2.45) is 5.10 Å². The van der Waals surface area contributed by atoms with E-state index >= 15 is 0 Å². The molecule has 4 rings (SSSR count). The molecule has 156 valence electrons. The fraction of sp³-hybridized carbons (Fsp3) is 0.0455. The van der Waals surface area contributed by atoms with Gasteiger partial charge in [-0.1, -0.05) is 65.7 Å². The van der Waals surface area contributed by atoms with Crippen LogP contribution in [0.3, 0.4) is 0 Å². The Bertz CT molecular complexity index is 1260. The van der Waals surface area contributed by atoms with Crippen molar-refractivity contribution in [1.82, 2.24) is 14.9 Å². The fourth-order valence-corrected chi connectivity index (χ4v) is 3.62. The Morgan fingerprint density at radius 3 is 2.42 bits per heavy atom. The van der Waals surface area contributed by atoms with Gasteiger partial charge < -0.3 is 4.74 Å². The van der Waals surface area contributed by atoms with E-state index in [1.54, 1.807) is 30.5 Å². The number of hydrogen-bond acceptors (Lipinski definition) is 4. The molecule has 0 aliphatic rings. The Hall–Kier alpha value is -3.00. The third-order valence-corrected chi connectivity index (χ3v) is 5.15. The molecule has 0 aliphatic heterocycles. The molecule has 0 amide bonds. The van der Waals surface area contributed by atoms with Crippen LogP contribution in [-0.2, 0) is 6.61 Å². The second-order valence-corrected chi connectivity index (χ2v) is 7.70. The molecule has 1 N–H and O–H groups in total. The van der Waals surface area contributed by atoms with Crippen LogP contribution in [-0.4, -0.2) is 21.1 Å². The smallest absolute Gasteiger partial charge is 0.216 e. The summed E-state index contributed by atoms with van der Waals surface area (Å²) in [6, 6.07) is 18.9. The van der Waals surface area contributed by atoms with Gasteiger partial charge in [0.05, 0.1) is 16.3 Å². The lowest BCUT2D eigenvalue weighted by Crippen LogP contribution is -1.98. The van der Waals surface area contributed by atoms with Gasteiger partial charge in [-0.15, -0.1) is 0 Å². The summed E-state index contributed by atoms with van der Waals surface area (Å²) >= 11 is 18.0. The molecule has 0 unspecified atom stereocenters. The average molecular weight is 473 g/mol. The lowest BCUT2D eigenvalue weighted by atomic mass is 10.2. The van der Waals surface area contributed by atoms with Crippen molar-refractivity contribution in [3.8, 4) is 17.1 Å². The first-order valence-electron chi connectivity index (χ1n) is 9.15. The molecule has 1 heterocycles. The zero-order valence-electron chi connectivity index (χ0n) is 15.9. The number of H-pyrrole nitrogens is 1. The van der Waals surface area contributed by atoms with E-state index in [1.165, 1.54) is 16.8 Å². The number of ether oxygens (including phenoxy) is 1. The van der Waals surface area contributed by atoms with Crippen molar-refractivity contribution in [3.63, 3.8) is 0 Å². The van der Waals surface area contributed by atoms with E-state index in [9.17, 15) is 4.39 Å². The summed E-state index contributed by atoms with van der Waals surface area (Å²) in [4.78, 5) is 0. The molecule has 9 heteroatoms. The normalized spacial score (nSPS) is 11.2. The number of nitrogens with zero attached hydrogens (tertiary/aromatic N) is 3. The van der Waals surface area contributed by atoms with Gasteiger partial charge in [0, 0.05) is 5.56 Å². The van der Waals surface area contributed by atoms with Gasteiger partial charge in [0.15, 0.2) is 11.6 Å². The molecule has 3 aromatic carbocycles. The lowest BCUT2D eigenvalue weighted by molar-refractivity contribution is 0.306. The number of rotatable bonds is 6. The molecule has 0 saturated heterocycles. The summed E-state index contributed by atoms with van der Waals surface area (Å²) in [5, 5.41) is 12.1. The lowest BCUT2D eigenvalue weighted by Gasteiger charge is -2.11. The molecule has 0 atom stereocenters. The number of aromatic nitrogens is 3. The number of halogens is 3. The first-order chi connectivity index (χ1) is 15.0. The Morgan fingerprint density at radius 2 is 1.74 bits per heavy atom. The molecular formula is C22H15Cl2FN4OS. The highest BCUT2D eigenvalue weighted by Crippen LogP contribution is 2.34. The quantitative estimate of drug-likeness (QED) is 0.256. The van der Waals surface area contributed by atoms with Crippen LogP contribution in [0.5, 0.6) is 5.75 Å². The van der Waals surface area contributed by atoms with Gasteiger partial charge in [-0.25, -0.2) is 9.49 Å². The summed E-state index contributed by atoms with van der Waals surface area (Å²) < 4.78 is 20.6. The monoisotopic (exact) mass is 472 g/mol. The molecule has 0 aliphatic carbocycles. The van der Waals surface area contributed by atoms with Crippen molar-refractivity contribution in [1.29, 1.82) is 0 Å². The molecule has 0 fully saturated rings. The third-order valence-electron chi connectivity index (χ3n) is 4.32. The molecule has 31 heavy (non-hydrogen) atoms. The van der Waals surface area contributed by atoms with E-state index in [1.807, 2.05) is 30.3 Å². The number of benzene rings is 3. The van der Waals surface area contributed by atoms with Gasteiger partial charge in [0.25, 0.3) is 0 Å². The minimum Gasteiger partial charge on any atom is -0.486 e. The van der Waals surface area contributed by atoms with Gasteiger partial charge in [-0.2, -0.15) is 14.9 Å². The highest BCUT2D eigenvalue weighted by atomic mass is 35.5. The number of aromatic amines is 1. The van der Waals surface area contributed by atoms with Crippen LogP contribution in [0.15, 0.2) is 71.8 Å². The van der Waals surface area contributed by atoms with Crippen LogP contribution in [0.2, 0.25) is 10.0 Å². The molecule has 1 aromatic heterocycles. The van der Waals surface area contributed by atoms with Crippen LogP contribution >= 0.6 is 35.4 Å². The maximum Gasteiger partial charge on any atom is 0.216 e. The molecular weight excluding hydrogens is 458 g/mol. The molecule has 4 aromatic rings. The molecule has 0 bridgehead atoms. The van der Waals surface area contributed by atoms with Gasteiger partial charge in [-0.3, -0.25) is 0 Å². The predicted octanol–water partition coefficient (Wildman–Crippen LogP) is 6.51. The van der Waals surface area contributed by atoms with Crippen LogP contribution < -0.4 is 4.74 Å². The first-order valence-corrected chi connectivity index (χ1v) is 10.3. The van der Waals surface area contributed by atoms with Gasteiger partial charge in [0.2, 0.25) is 4.77 Å². The van der Waals surface area contributed by atoms with Gasteiger partial charge in [-0.05, 0) is 47.6 Å². The van der Waals surface area contributed by atoms with E-state index in [0.717, 1.165) is 11.1 Å². The van der Waals surface area contributed by atoms with Crippen molar-refractivity contribution >= 4 is 41.6 Å². The van der Waals surface area contributed by atoms with E-state index in [-0.39, 0.29) is 12.4 Å². The summed E-state index contributed by atoms with van der Waals surface area (Å²) in [6.07, 6.45) is 1.58. The largest absolute Gasteiger partial charge is 0.486 e. The van der Waals surface area contributed by atoms with Gasteiger partial charge >= 0.3 is 0 Å². The summed E-state index contributed by atoms with van der Waals surface area (Å²) in [5.41, 5.74) is 2.32. The Labute approximate surface area is 192 Å². The third kappa shape index (κ3) is 5.02. The van der Waals surface area contributed by atoms with E-state index in [2.05, 4.69) is 15.3 Å². The SMILES string of the molecule is Fc1ccc(COc2c(Cl)cc(/C=N\n3c(-c4ccccc4)n[nH]c3=S)cc2Cl)cc1. The highest BCUT2D eigenvalue weighted by Gasteiger charge is 2.11. The van der Waals surface area contributed by atoms with Gasteiger partial charge in [0.1, 0.15) is 12.4 Å². The number of nitrogens with one attached hydrogen (secondary N) is 1. The summed E-state index contributed by atoms with van der Waals surface area (Å²) in [5.74, 6) is 0.615. The molecule has 0 spiro atoms. The average Bonchev–Trinajstić information content (AvgIpc) is 3.14. The van der Waals surface area contributed by atoms with E-state index in [4.69, 9.17) is 40.2 Å². The predicted molar refractivity (Wildman–Crippen MR) is 123 cm³/mol. The second-order valence-electron chi connectivity index (χ2n) is 6.50. The molecule has 5 nitrogen and oxygen atoms in total. The minimum absolute atomic E-state index is 0.206. The summed E-state index contributed by atoms with van der Waals surface area (Å²) in [7, 11) is 0. The highest BCUT2D eigenvalue weighted by molar-refractivity contribution is 7.71. The van der Waals surface area contributed by atoms with Crippen molar-refractivity contribution < 1.29 is 9.13 Å². The van der Waals surface area contributed by atoms with Crippen LogP contribution in [0.25, 0.3) is 11.4 Å². The Morgan fingerprint density at radius 1 is 1.06 bits per heavy atom. The first kappa shape index (κ1) is 21.2. The summed E-state index contributed by atoms with van der Waals surface area (Å²) in [6.45, 7) is 0.206. The topological polar surface area (TPSA) is 55.2 Å². The zero-order chi connectivity index (χ0) is 21.8. The van der Waals surface area contributed by atoms with Crippen LogP contribution in [0, 0.1) is 10.6 Å². The van der Waals surface area contributed by atoms with Crippen LogP contribution in [0.1, 0.15) is 11.1 Å². The minimum atomic E-state index is -0.309. The Balaban J connectivity index is 1.55. The van der Waals surface area contributed by atoms with Crippen LogP contribution in [0.4, 0.5) is 4.39 Å². The number of hydrogen-bond donors (Lipinski definition) is 1. The Kier molecular flexibility index (Phi) is 6.46. The van der Waals surface area contributed by atoms with E-state index < -0.39 is 0 Å². The van der Waals surface area contributed by atoms with Crippen molar-refractivity contribution in [2.75, 3.05) is 0 Å². The van der Waals surface area contributed by atoms with Crippen molar-refractivity contribution in [2.45, 2.75) is 6.61 Å². The van der Waals surface area contributed by atoms with E-state index in [0.29, 0.717) is 32.0 Å². The maximum atomic E-state index is 13.0. The standard InChI is InChI=1S/C22H15Cl2FN4OS/c23-18-10-15(11-19(24)20(18)30-13-14-6-8-17(25)9-7-14)12-26-29-21(27-28-22(29)31)16-4-2-1-3-5-16/h1-12H,13H2,(H,28,31)/b26-12-.